The smallest absolute Gasteiger partial charge is 0.238 e. The molecule has 0 amide bonds. The molecule has 0 spiro atoms. The van der Waals surface area contributed by atoms with Crippen molar-refractivity contribution in [1.29, 1.82) is 0 Å². The number of benzene rings is 2. The minimum absolute atomic E-state index is 0.141. The fraction of sp³-hybridized carbons (Fsp3) is 0.368. The lowest BCUT2D eigenvalue weighted by Gasteiger charge is -2.20. The highest BCUT2D eigenvalue weighted by atomic mass is 32.2. The maximum absolute atomic E-state index is 11.3. The van der Waals surface area contributed by atoms with Gasteiger partial charge in [0, 0.05) is 12.6 Å². The van der Waals surface area contributed by atoms with E-state index in [1.54, 1.807) is 24.3 Å². The van der Waals surface area contributed by atoms with Crippen LogP contribution in [0.4, 0.5) is 0 Å². The molecule has 0 bridgehead atoms. The van der Waals surface area contributed by atoms with Crippen LogP contribution in [0.25, 0.3) is 11.1 Å². The van der Waals surface area contributed by atoms with Gasteiger partial charge in [-0.05, 0) is 61.6 Å². The molecular formula is C19H24N2O2S. The van der Waals surface area contributed by atoms with E-state index >= 15 is 0 Å². The third-order valence-electron chi connectivity index (χ3n) is 4.85. The molecule has 2 aromatic carbocycles. The molecule has 4 nitrogen and oxygen atoms in total. The summed E-state index contributed by atoms with van der Waals surface area (Å²) in [6.45, 7) is 4.64. The Bertz CT molecular complexity index is 783. The maximum Gasteiger partial charge on any atom is 0.238 e. The molecule has 1 aliphatic rings. The Hall–Kier alpha value is -1.69. The van der Waals surface area contributed by atoms with Crippen molar-refractivity contribution in [1.82, 2.24) is 4.90 Å². The number of nitrogens with zero attached hydrogens (tertiary/aromatic N) is 1. The van der Waals surface area contributed by atoms with Gasteiger partial charge in [0.2, 0.25) is 10.0 Å². The number of primary sulfonamides is 1. The summed E-state index contributed by atoms with van der Waals surface area (Å²) in [7, 11) is -3.63. The van der Waals surface area contributed by atoms with Crippen molar-refractivity contribution in [3.8, 4) is 11.1 Å². The molecular weight excluding hydrogens is 320 g/mol. The molecule has 128 valence electrons. The summed E-state index contributed by atoms with van der Waals surface area (Å²) in [5.41, 5.74) is 3.40. The van der Waals surface area contributed by atoms with Gasteiger partial charge in [-0.15, -0.1) is 0 Å². The lowest BCUT2D eigenvalue weighted by Crippen LogP contribution is -2.28. The van der Waals surface area contributed by atoms with Crippen LogP contribution in [0.15, 0.2) is 53.4 Å². The van der Waals surface area contributed by atoms with Crippen molar-refractivity contribution >= 4 is 10.0 Å². The van der Waals surface area contributed by atoms with Crippen LogP contribution < -0.4 is 5.14 Å². The average Bonchev–Trinajstić information content (AvgIpc) is 2.98. The van der Waals surface area contributed by atoms with Gasteiger partial charge in [0.1, 0.15) is 0 Å². The first-order valence-electron chi connectivity index (χ1n) is 8.40. The molecule has 1 atom stereocenters. The Labute approximate surface area is 144 Å². The molecule has 1 aliphatic heterocycles. The van der Waals surface area contributed by atoms with E-state index < -0.39 is 10.0 Å². The van der Waals surface area contributed by atoms with E-state index in [0.717, 1.165) is 24.1 Å². The van der Waals surface area contributed by atoms with Gasteiger partial charge < -0.3 is 4.90 Å². The van der Waals surface area contributed by atoms with Gasteiger partial charge in [-0.25, -0.2) is 13.6 Å². The van der Waals surface area contributed by atoms with Crippen molar-refractivity contribution in [3.05, 3.63) is 54.1 Å². The topological polar surface area (TPSA) is 63.4 Å². The summed E-state index contributed by atoms with van der Waals surface area (Å²) >= 11 is 0. The molecule has 0 saturated carbocycles. The number of rotatable bonds is 5. The van der Waals surface area contributed by atoms with E-state index in [-0.39, 0.29) is 4.90 Å². The van der Waals surface area contributed by atoms with E-state index in [9.17, 15) is 8.42 Å². The molecule has 1 heterocycles. The van der Waals surface area contributed by atoms with Gasteiger partial charge in [-0.1, -0.05) is 36.4 Å². The number of nitrogens with two attached hydrogens (primary N) is 1. The molecule has 24 heavy (non-hydrogen) atoms. The predicted molar refractivity (Wildman–Crippen MR) is 97.2 cm³/mol. The van der Waals surface area contributed by atoms with Gasteiger partial charge in [-0.2, -0.15) is 0 Å². The van der Waals surface area contributed by atoms with Crippen molar-refractivity contribution in [2.45, 2.75) is 37.1 Å². The first-order chi connectivity index (χ1) is 11.4. The standard InChI is InChI=1S/C19H24N2O2S/c1-15-3-2-13-21(15)14-12-16-4-6-17(7-5-16)18-8-10-19(11-9-18)24(20,22)23/h4-11,15H,2-3,12-14H2,1H3,(H2,20,22,23)/t15-/m1/s1. The molecule has 2 aromatic rings. The number of hydrogen-bond acceptors (Lipinski definition) is 3. The first kappa shape index (κ1) is 17.1. The quantitative estimate of drug-likeness (QED) is 0.907. The van der Waals surface area contributed by atoms with Crippen molar-refractivity contribution in [2.75, 3.05) is 13.1 Å². The van der Waals surface area contributed by atoms with E-state index in [4.69, 9.17) is 5.14 Å². The lowest BCUT2D eigenvalue weighted by molar-refractivity contribution is 0.272. The molecule has 0 unspecified atom stereocenters. The molecule has 1 saturated heterocycles. The summed E-state index contributed by atoms with van der Waals surface area (Å²) in [6, 6.07) is 15.9. The van der Waals surface area contributed by atoms with Crippen LogP contribution in [0.2, 0.25) is 0 Å². The molecule has 1 fully saturated rings. The number of hydrogen-bond donors (Lipinski definition) is 1. The minimum Gasteiger partial charge on any atom is -0.300 e. The van der Waals surface area contributed by atoms with Crippen LogP contribution >= 0.6 is 0 Å². The summed E-state index contributed by atoms with van der Waals surface area (Å²) in [5, 5.41) is 5.13. The van der Waals surface area contributed by atoms with Crippen LogP contribution in [0.3, 0.4) is 0 Å². The second-order valence-corrected chi connectivity index (χ2v) is 8.10. The average molecular weight is 344 g/mol. The molecule has 2 N–H and O–H groups in total. The summed E-state index contributed by atoms with van der Waals surface area (Å²) in [4.78, 5) is 2.70. The second-order valence-electron chi connectivity index (χ2n) is 6.54. The lowest BCUT2D eigenvalue weighted by atomic mass is 10.0. The van der Waals surface area contributed by atoms with Crippen molar-refractivity contribution in [2.24, 2.45) is 5.14 Å². The summed E-state index contributed by atoms with van der Waals surface area (Å²) < 4.78 is 22.6. The number of sulfonamides is 1. The zero-order valence-electron chi connectivity index (χ0n) is 14.0. The van der Waals surface area contributed by atoms with E-state index in [0.29, 0.717) is 6.04 Å². The van der Waals surface area contributed by atoms with Crippen molar-refractivity contribution < 1.29 is 8.42 Å². The Morgan fingerprint density at radius 2 is 1.62 bits per heavy atom. The van der Waals surface area contributed by atoms with Gasteiger partial charge >= 0.3 is 0 Å². The molecule has 0 aliphatic carbocycles. The molecule has 0 radical (unpaired) electrons. The van der Waals surface area contributed by atoms with Gasteiger partial charge in [0.05, 0.1) is 4.90 Å². The fourth-order valence-corrected chi connectivity index (χ4v) is 3.81. The summed E-state index contributed by atoms with van der Waals surface area (Å²) in [6.07, 6.45) is 3.69. The monoisotopic (exact) mass is 344 g/mol. The molecule has 0 aromatic heterocycles. The normalized spacial score (nSPS) is 18.8. The maximum atomic E-state index is 11.3. The second kappa shape index (κ2) is 7.05. The first-order valence-corrected chi connectivity index (χ1v) is 9.94. The fourth-order valence-electron chi connectivity index (χ4n) is 3.30. The van der Waals surface area contributed by atoms with E-state index in [1.165, 1.54) is 24.9 Å². The highest BCUT2D eigenvalue weighted by molar-refractivity contribution is 7.89. The molecule has 3 rings (SSSR count). The number of likely N-dealkylation sites (tertiary alicyclic amines) is 1. The van der Waals surface area contributed by atoms with Crippen LogP contribution in [0, 0.1) is 0 Å². The van der Waals surface area contributed by atoms with Gasteiger partial charge in [0.25, 0.3) is 0 Å². The minimum atomic E-state index is -3.63. The Morgan fingerprint density at radius 1 is 1.04 bits per heavy atom. The van der Waals surface area contributed by atoms with Gasteiger partial charge in [-0.3, -0.25) is 0 Å². The zero-order chi connectivity index (χ0) is 17.2. The van der Waals surface area contributed by atoms with Crippen LogP contribution in [0.1, 0.15) is 25.3 Å². The van der Waals surface area contributed by atoms with E-state index in [1.807, 2.05) is 0 Å². The highest BCUT2D eigenvalue weighted by Crippen LogP contribution is 2.22. The molecule has 5 heteroatoms. The zero-order valence-corrected chi connectivity index (χ0v) is 14.8. The SMILES string of the molecule is C[C@@H]1CCCN1CCc1ccc(-c2ccc(S(N)(=O)=O)cc2)cc1. The Morgan fingerprint density at radius 3 is 2.12 bits per heavy atom. The third kappa shape index (κ3) is 4.04. The predicted octanol–water partition coefficient (Wildman–Crippen LogP) is 3.03. The van der Waals surface area contributed by atoms with Crippen LogP contribution in [0.5, 0.6) is 0 Å². The highest BCUT2D eigenvalue weighted by Gasteiger charge is 2.19. The summed E-state index contributed by atoms with van der Waals surface area (Å²) in [5.74, 6) is 0. The van der Waals surface area contributed by atoms with Gasteiger partial charge in [0.15, 0.2) is 0 Å². The third-order valence-corrected chi connectivity index (χ3v) is 5.78. The van der Waals surface area contributed by atoms with Crippen molar-refractivity contribution in [3.63, 3.8) is 0 Å². The Kier molecular flexibility index (Phi) is 5.04. The largest absolute Gasteiger partial charge is 0.300 e. The van der Waals surface area contributed by atoms with E-state index in [2.05, 4.69) is 36.1 Å². The van der Waals surface area contributed by atoms with Crippen LogP contribution in [-0.2, 0) is 16.4 Å². The Balaban J connectivity index is 1.65. The van der Waals surface area contributed by atoms with Crippen LogP contribution in [-0.4, -0.2) is 32.4 Å².